The number of carboxylic acid groups (broad SMARTS) is 1. The van der Waals surface area contributed by atoms with Gasteiger partial charge < -0.3 is 14.6 Å². The van der Waals surface area contributed by atoms with E-state index >= 15 is 0 Å². The Hall–Kier alpha value is -3.38. The number of aromatic nitrogens is 1. The van der Waals surface area contributed by atoms with Crippen LogP contribution in [0.5, 0.6) is 11.5 Å². The Labute approximate surface area is 200 Å². The summed E-state index contributed by atoms with van der Waals surface area (Å²) in [6.07, 6.45) is 3.05. The van der Waals surface area contributed by atoms with E-state index in [1.54, 1.807) is 7.11 Å². The lowest BCUT2D eigenvalue weighted by molar-refractivity contribution is 0.0696. The molecule has 4 rings (SSSR count). The van der Waals surface area contributed by atoms with Gasteiger partial charge in [0.05, 0.1) is 30.5 Å². The molecule has 2 aromatic carbocycles. The standard InChI is InChI=1S/C28H32N2O4/c1-5-30-16-20(14-19-10-11-24(25(15-19)33-4)34-13-12-18(2)3)27-22(17-30)26(28(31)32)21-8-6-7-9-23(21)29-27/h6-11,14-15,18H,5,12-13,16-17H2,1-4H3,(H,31,32). The van der Waals surface area contributed by atoms with Crippen LogP contribution in [-0.2, 0) is 6.54 Å². The van der Waals surface area contributed by atoms with Gasteiger partial charge in [-0.25, -0.2) is 9.78 Å². The second kappa shape index (κ2) is 10.3. The van der Waals surface area contributed by atoms with Crippen LogP contribution in [0.15, 0.2) is 42.5 Å². The molecule has 3 aromatic rings. The number of carboxylic acids is 1. The molecule has 1 aliphatic rings. The Bertz CT molecular complexity index is 1230. The molecule has 0 saturated carbocycles. The van der Waals surface area contributed by atoms with Gasteiger partial charge in [-0.1, -0.05) is 45.0 Å². The molecule has 0 fully saturated rings. The van der Waals surface area contributed by atoms with Crippen LogP contribution in [0, 0.1) is 5.92 Å². The Morgan fingerprint density at radius 2 is 1.97 bits per heavy atom. The van der Waals surface area contributed by atoms with E-state index in [1.165, 1.54) is 0 Å². The first-order valence-electron chi connectivity index (χ1n) is 11.8. The third-order valence-corrected chi connectivity index (χ3v) is 6.22. The van der Waals surface area contributed by atoms with E-state index in [4.69, 9.17) is 14.5 Å². The molecule has 0 aliphatic carbocycles. The molecule has 0 radical (unpaired) electrons. The molecule has 178 valence electrons. The molecule has 0 saturated heterocycles. The molecule has 0 spiro atoms. The molecule has 6 heteroatoms. The number of hydrogen-bond donors (Lipinski definition) is 1. The van der Waals surface area contributed by atoms with Crippen LogP contribution in [0.1, 0.15) is 54.4 Å². The van der Waals surface area contributed by atoms with Crippen LogP contribution in [0.25, 0.3) is 22.6 Å². The van der Waals surface area contributed by atoms with Crippen molar-refractivity contribution in [1.82, 2.24) is 9.88 Å². The summed E-state index contributed by atoms with van der Waals surface area (Å²) in [4.78, 5) is 19.4. The van der Waals surface area contributed by atoms with E-state index in [9.17, 15) is 9.90 Å². The van der Waals surface area contributed by atoms with Gasteiger partial charge in [-0.3, -0.25) is 4.90 Å². The smallest absolute Gasteiger partial charge is 0.336 e. The molecule has 6 nitrogen and oxygen atoms in total. The topological polar surface area (TPSA) is 71.9 Å². The molecule has 1 aromatic heterocycles. The third kappa shape index (κ3) is 4.92. The van der Waals surface area contributed by atoms with E-state index in [2.05, 4.69) is 31.7 Å². The van der Waals surface area contributed by atoms with Crippen molar-refractivity contribution >= 4 is 28.5 Å². The second-order valence-electron chi connectivity index (χ2n) is 9.05. The highest BCUT2D eigenvalue weighted by Gasteiger charge is 2.28. The van der Waals surface area contributed by atoms with Gasteiger partial charge in [0, 0.05) is 24.0 Å². The molecular weight excluding hydrogens is 428 g/mol. The Balaban J connectivity index is 1.78. The minimum atomic E-state index is -0.920. The number of ether oxygens (including phenoxy) is 2. The number of likely N-dealkylation sites (N-methyl/N-ethyl adjacent to an activating group) is 1. The molecule has 1 aliphatic heterocycles. The number of aromatic carboxylic acids is 1. The van der Waals surface area contributed by atoms with Crippen molar-refractivity contribution in [2.45, 2.75) is 33.7 Å². The van der Waals surface area contributed by atoms with E-state index in [1.807, 2.05) is 42.5 Å². The molecule has 0 bridgehead atoms. The lowest BCUT2D eigenvalue weighted by Gasteiger charge is -2.30. The minimum Gasteiger partial charge on any atom is -0.493 e. The van der Waals surface area contributed by atoms with Crippen LogP contribution in [-0.4, -0.2) is 47.8 Å². The van der Waals surface area contributed by atoms with Crippen molar-refractivity contribution in [3.8, 4) is 11.5 Å². The average Bonchev–Trinajstić information content (AvgIpc) is 2.82. The lowest BCUT2D eigenvalue weighted by Crippen LogP contribution is -2.31. The maximum absolute atomic E-state index is 12.3. The molecule has 0 atom stereocenters. The maximum atomic E-state index is 12.3. The van der Waals surface area contributed by atoms with Crippen molar-refractivity contribution in [2.75, 3.05) is 26.8 Å². The monoisotopic (exact) mass is 460 g/mol. The summed E-state index contributed by atoms with van der Waals surface area (Å²) in [5.41, 5.74) is 4.52. The van der Waals surface area contributed by atoms with Crippen LogP contribution in [0.4, 0.5) is 0 Å². The quantitative estimate of drug-likeness (QED) is 0.462. The first-order chi connectivity index (χ1) is 16.4. The third-order valence-electron chi connectivity index (χ3n) is 6.22. The maximum Gasteiger partial charge on any atom is 0.336 e. The molecule has 0 amide bonds. The van der Waals surface area contributed by atoms with Crippen LogP contribution >= 0.6 is 0 Å². The molecule has 34 heavy (non-hydrogen) atoms. The minimum absolute atomic E-state index is 0.344. The number of benzene rings is 2. The SMILES string of the molecule is CCN1CC(=Cc2ccc(OCCC(C)C)c(OC)c2)c2nc3ccccc3c(C(=O)O)c2C1. The predicted octanol–water partition coefficient (Wildman–Crippen LogP) is 5.74. The van der Waals surface area contributed by atoms with Gasteiger partial charge >= 0.3 is 5.97 Å². The summed E-state index contributed by atoms with van der Waals surface area (Å²) < 4.78 is 11.5. The van der Waals surface area contributed by atoms with E-state index in [-0.39, 0.29) is 0 Å². The summed E-state index contributed by atoms with van der Waals surface area (Å²) in [5.74, 6) is 1.06. The lowest BCUT2D eigenvalue weighted by atomic mass is 9.92. The number of rotatable bonds is 8. The van der Waals surface area contributed by atoms with Gasteiger partial charge in [0.1, 0.15) is 0 Å². The normalized spacial score (nSPS) is 15.0. The van der Waals surface area contributed by atoms with E-state index in [0.29, 0.717) is 47.8 Å². The number of pyridine rings is 1. The fourth-order valence-corrected chi connectivity index (χ4v) is 4.35. The van der Waals surface area contributed by atoms with Crippen LogP contribution in [0.3, 0.4) is 0 Å². The summed E-state index contributed by atoms with van der Waals surface area (Å²) in [7, 11) is 1.64. The predicted molar refractivity (Wildman–Crippen MR) is 135 cm³/mol. The zero-order valence-electron chi connectivity index (χ0n) is 20.3. The second-order valence-corrected chi connectivity index (χ2v) is 9.05. The van der Waals surface area contributed by atoms with Gasteiger partial charge in [0.25, 0.3) is 0 Å². The number of nitrogens with zero attached hydrogens (tertiary/aromatic N) is 2. The molecule has 2 heterocycles. The number of carbonyl (C=O) groups is 1. The summed E-state index contributed by atoms with van der Waals surface area (Å²) in [5, 5.41) is 10.8. The summed E-state index contributed by atoms with van der Waals surface area (Å²) in [6.45, 7) is 9.15. The zero-order chi connectivity index (χ0) is 24.2. The van der Waals surface area contributed by atoms with Crippen molar-refractivity contribution in [2.24, 2.45) is 5.92 Å². The number of para-hydroxylation sites is 1. The molecular formula is C28H32N2O4. The van der Waals surface area contributed by atoms with Crippen LogP contribution in [0.2, 0.25) is 0 Å². The van der Waals surface area contributed by atoms with Gasteiger partial charge in [0.15, 0.2) is 11.5 Å². The Morgan fingerprint density at radius 1 is 1.18 bits per heavy atom. The number of fused-ring (bicyclic) bond motifs is 2. The Kier molecular flexibility index (Phi) is 7.17. The summed E-state index contributed by atoms with van der Waals surface area (Å²) in [6, 6.07) is 13.4. The fraction of sp³-hybridized carbons (Fsp3) is 0.357. The van der Waals surface area contributed by atoms with Gasteiger partial charge in [0.2, 0.25) is 0 Å². The van der Waals surface area contributed by atoms with E-state index < -0.39 is 5.97 Å². The molecule has 1 N–H and O–H groups in total. The average molecular weight is 461 g/mol. The van der Waals surface area contributed by atoms with Crippen molar-refractivity contribution in [3.05, 3.63) is 64.8 Å². The van der Waals surface area contributed by atoms with Crippen molar-refractivity contribution < 1.29 is 19.4 Å². The van der Waals surface area contributed by atoms with Gasteiger partial charge in [-0.05, 0) is 54.3 Å². The van der Waals surface area contributed by atoms with E-state index in [0.717, 1.165) is 41.1 Å². The number of methoxy groups -OCH3 is 1. The Morgan fingerprint density at radius 3 is 2.68 bits per heavy atom. The highest BCUT2D eigenvalue weighted by atomic mass is 16.5. The largest absolute Gasteiger partial charge is 0.493 e. The fourth-order valence-electron chi connectivity index (χ4n) is 4.35. The number of hydrogen-bond acceptors (Lipinski definition) is 5. The van der Waals surface area contributed by atoms with Crippen molar-refractivity contribution in [1.29, 1.82) is 0 Å². The molecule has 0 unspecified atom stereocenters. The zero-order valence-corrected chi connectivity index (χ0v) is 20.3. The highest BCUT2D eigenvalue weighted by molar-refractivity contribution is 6.06. The first-order valence-corrected chi connectivity index (χ1v) is 11.8. The van der Waals surface area contributed by atoms with Crippen molar-refractivity contribution in [3.63, 3.8) is 0 Å². The highest BCUT2D eigenvalue weighted by Crippen LogP contribution is 2.35. The summed E-state index contributed by atoms with van der Waals surface area (Å²) >= 11 is 0. The van der Waals surface area contributed by atoms with Crippen LogP contribution < -0.4 is 9.47 Å². The van der Waals surface area contributed by atoms with Gasteiger partial charge in [-0.2, -0.15) is 0 Å². The van der Waals surface area contributed by atoms with Gasteiger partial charge in [-0.15, -0.1) is 0 Å². The first kappa shape index (κ1) is 23.8.